The molecule has 4 nitrogen and oxygen atoms in total. The fourth-order valence-corrected chi connectivity index (χ4v) is 2.83. The molecule has 0 aliphatic heterocycles. The van der Waals surface area contributed by atoms with E-state index in [0.29, 0.717) is 0 Å². The van der Waals surface area contributed by atoms with Crippen molar-refractivity contribution in [2.24, 2.45) is 5.73 Å². The lowest BCUT2D eigenvalue weighted by atomic mass is 9.94. The molecule has 0 radical (unpaired) electrons. The van der Waals surface area contributed by atoms with E-state index in [2.05, 4.69) is 4.98 Å². The molecule has 0 spiro atoms. The Hall–Kier alpha value is -1.62. The summed E-state index contributed by atoms with van der Waals surface area (Å²) in [5, 5.41) is 0.737. The van der Waals surface area contributed by atoms with E-state index in [4.69, 9.17) is 10.5 Å². The highest BCUT2D eigenvalue weighted by Gasteiger charge is 2.31. The molecule has 0 unspecified atom stereocenters. The molecule has 0 saturated heterocycles. The average Bonchev–Trinajstić information content (AvgIpc) is 2.73. The predicted octanol–water partition coefficient (Wildman–Crippen LogP) is 2.38. The molecule has 2 aromatic rings. The van der Waals surface area contributed by atoms with Gasteiger partial charge in [0.15, 0.2) is 0 Å². The van der Waals surface area contributed by atoms with Gasteiger partial charge in [-0.25, -0.2) is 4.98 Å². The summed E-state index contributed by atoms with van der Waals surface area (Å²) in [5.41, 5.74) is 6.62. The highest BCUT2D eigenvalue weighted by atomic mass is 32.1. The van der Waals surface area contributed by atoms with Crippen LogP contribution in [-0.4, -0.2) is 18.0 Å². The zero-order valence-corrected chi connectivity index (χ0v) is 11.7. The molecule has 2 rings (SSSR count). The van der Waals surface area contributed by atoms with E-state index in [-0.39, 0.29) is 5.91 Å². The van der Waals surface area contributed by atoms with Crippen LogP contribution in [0.15, 0.2) is 12.1 Å². The first-order chi connectivity index (χ1) is 8.36. The van der Waals surface area contributed by atoms with Gasteiger partial charge >= 0.3 is 0 Å². The van der Waals surface area contributed by atoms with Gasteiger partial charge in [-0.2, -0.15) is 0 Å². The Morgan fingerprint density at radius 3 is 2.67 bits per heavy atom. The zero-order chi connectivity index (χ0) is 13.5. The van der Waals surface area contributed by atoms with Crippen molar-refractivity contribution < 1.29 is 9.53 Å². The van der Waals surface area contributed by atoms with Crippen LogP contribution in [0.1, 0.15) is 24.4 Å². The van der Waals surface area contributed by atoms with Crippen molar-refractivity contribution in [3.8, 4) is 5.75 Å². The highest BCUT2D eigenvalue weighted by Crippen LogP contribution is 2.34. The number of aromatic nitrogens is 1. The second-order valence-corrected chi connectivity index (χ2v) is 5.83. The summed E-state index contributed by atoms with van der Waals surface area (Å²) >= 11 is 1.48. The summed E-state index contributed by atoms with van der Waals surface area (Å²) in [6, 6.07) is 3.86. The van der Waals surface area contributed by atoms with E-state index in [1.807, 2.05) is 19.1 Å². The van der Waals surface area contributed by atoms with Crippen LogP contribution in [-0.2, 0) is 10.2 Å². The van der Waals surface area contributed by atoms with Crippen molar-refractivity contribution in [2.45, 2.75) is 26.2 Å². The standard InChI is InChI=1S/C13H16N2O2S/c1-7-5-8(17-4)6-9-10(7)15-12(18-9)13(2,3)11(14)16/h5-6H,1-4H3,(H2,14,16). The quantitative estimate of drug-likeness (QED) is 0.925. The number of hydrogen-bond acceptors (Lipinski definition) is 4. The molecule has 1 aromatic heterocycles. The Bertz CT molecular complexity index is 617. The number of fused-ring (bicyclic) bond motifs is 1. The first-order valence-corrected chi connectivity index (χ1v) is 6.43. The largest absolute Gasteiger partial charge is 0.497 e. The number of rotatable bonds is 3. The number of hydrogen-bond donors (Lipinski definition) is 1. The Morgan fingerprint density at radius 2 is 2.11 bits per heavy atom. The monoisotopic (exact) mass is 264 g/mol. The second-order valence-electron chi connectivity index (χ2n) is 4.80. The molecule has 0 bridgehead atoms. The lowest BCUT2D eigenvalue weighted by Gasteiger charge is -2.16. The minimum atomic E-state index is -0.747. The third kappa shape index (κ3) is 1.95. The summed E-state index contributed by atoms with van der Waals surface area (Å²) in [6.07, 6.45) is 0. The molecule has 18 heavy (non-hydrogen) atoms. The van der Waals surface area contributed by atoms with E-state index in [0.717, 1.165) is 26.5 Å². The maximum Gasteiger partial charge on any atom is 0.229 e. The minimum absolute atomic E-state index is 0.369. The van der Waals surface area contributed by atoms with Crippen LogP contribution in [0.2, 0.25) is 0 Å². The first-order valence-electron chi connectivity index (χ1n) is 5.62. The van der Waals surface area contributed by atoms with Crippen molar-refractivity contribution in [2.75, 3.05) is 7.11 Å². The van der Waals surface area contributed by atoms with E-state index in [9.17, 15) is 4.79 Å². The van der Waals surface area contributed by atoms with E-state index in [1.165, 1.54) is 11.3 Å². The Kier molecular flexibility index (Phi) is 3.02. The van der Waals surface area contributed by atoms with Crippen molar-refractivity contribution in [1.29, 1.82) is 0 Å². The van der Waals surface area contributed by atoms with Crippen molar-refractivity contribution >= 4 is 27.5 Å². The number of methoxy groups -OCH3 is 1. The molecular weight excluding hydrogens is 248 g/mol. The predicted molar refractivity (Wildman–Crippen MR) is 73.1 cm³/mol. The van der Waals surface area contributed by atoms with Gasteiger partial charge in [0.2, 0.25) is 5.91 Å². The number of amides is 1. The summed E-state index contributed by atoms with van der Waals surface area (Å²) < 4.78 is 6.24. The molecular formula is C13H16N2O2S. The van der Waals surface area contributed by atoms with Gasteiger partial charge in [-0.1, -0.05) is 0 Å². The topological polar surface area (TPSA) is 65.2 Å². The number of nitrogens with zero attached hydrogens (tertiary/aromatic N) is 1. The van der Waals surface area contributed by atoms with Gasteiger partial charge in [0, 0.05) is 0 Å². The molecule has 96 valence electrons. The van der Waals surface area contributed by atoms with E-state index < -0.39 is 5.41 Å². The maximum atomic E-state index is 11.5. The lowest BCUT2D eigenvalue weighted by molar-refractivity contribution is -0.122. The van der Waals surface area contributed by atoms with Crippen LogP contribution in [0.3, 0.4) is 0 Å². The van der Waals surface area contributed by atoms with Crippen molar-refractivity contribution in [1.82, 2.24) is 4.98 Å². The van der Waals surface area contributed by atoms with Gasteiger partial charge in [0.25, 0.3) is 0 Å². The Morgan fingerprint density at radius 1 is 1.44 bits per heavy atom. The molecule has 0 saturated carbocycles. The van der Waals surface area contributed by atoms with E-state index >= 15 is 0 Å². The number of ether oxygens (including phenoxy) is 1. The summed E-state index contributed by atoms with van der Waals surface area (Å²) in [6.45, 7) is 5.56. The minimum Gasteiger partial charge on any atom is -0.497 e. The number of benzene rings is 1. The normalized spacial score (nSPS) is 11.8. The number of nitrogens with two attached hydrogens (primary N) is 1. The summed E-state index contributed by atoms with van der Waals surface area (Å²) in [7, 11) is 1.63. The van der Waals surface area contributed by atoms with Gasteiger partial charge in [-0.15, -0.1) is 11.3 Å². The van der Waals surface area contributed by atoms with Crippen LogP contribution >= 0.6 is 11.3 Å². The van der Waals surface area contributed by atoms with E-state index in [1.54, 1.807) is 21.0 Å². The van der Waals surface area contributed by atoms with Gasteiger partial charge in [-0.3, -0.25) is 4.79 Å². The molecule has 0 atom stereocenters. The second kappa shape index (κ2) is 4.24. The fourth-order valence-electron chi connectivity index (χ4n) is 1.66. The summed E-state index contributed by atoms with van der Waals surface area (Å²) in [4.78, 5) is 16.0. The van der Waals surface area contributed by atoms with Crippen LogP contribution in [0.25, 0.3) is 10.2 Å². The SMILES string of the molecule is COc1cc(C)c2nc(C(C)(C)C(N)=O)sc2c1. The highest BCUT2D eigenvalue weighted by molar-refractivity contribution is 7.18. The van der Waals surface area contributed by atoms with Crippen molar-refractivity contribution in [3.05, 3.63) is 22.7 Å². The number of thiazole rings is 1. The van der Waals surface area contributed by atoms with Crippen LogP contribution in [0.4, 0.5) is 0 Å². The van der Waals surface area contributed by atoms with Gasteiger partial charge in [0.05, 0.1) is 22.7 Å². The van der Waals surface area contributed by atoms with Crippen LogP contribution < -0.4 is 10.5 Å². The molecule has 0 aliphatic rings. The Labute approximate surface area is 110 Å². The molecule has 5 heteroatoms. The number of primary amides is 1. The van der Waals surface area contributed by atoms with Crippen LogP contribution in [0.5, 0.6) is 5.75 Å². The average molecular weight is 264 g/mol. The van der Waals surface area contributed by atoms with Gasteiger partial charge < -0.3 is 10.5 Å². The van der Waals surface area contributed by atoms with Crippen molar-refractivity contribution in [3.63, 3.8) is 0 Å². The molecule has 1 amide bonds. The maximum absolute atomic E-state index is 11.5. The molecule has 1 heterocycles. The molecule has 0 aliphatic carbocycles. The third-order valence-corrected chi connectivity index (χ3v) is 4.37. The third-order valence-electron chi connectivity index (χ3n) is 3.05. The first kappa shape index (κ1) is 12.8. The smallest absolute Gasteiger partial charge is 0.229 e. The van der Waals surface area contributed by atoms with Crippen LogP contribution in [0, 0.1) is 6.92 Å². The van der Waals surface area contributed by atoms with Gasteiger partial charge in [-0.05, 0) is 38.5 Å². The lowest BCUT2D eigenvalue weighted by Crippen LogP contribution is -2.35. The Balaban J connectivity index is 2.64. The molecule has 1 aromatic carbocycles. The summed E-state index contributed by atoms with van der Waals surface area (Å²) in [5.74, 6) is 0.429. The molecule has 2 N–H and O–H groups in total. The number of aryl methyl sites for hydroxylation is 1. The van der Waals surface area contributed by atoms with Gasteiger partial charge in [0.1, 0.15) is 10.8 Å². The fraction of sp³-hybridized carbons (Fsp3) is 0.385. The zero-order valence-electron chi connectivity index (χ0n) is 10.9. The number of carbonyl (C=O) groups excluding carboxylic acids is 1. The molecule has 0 fully saturated rings. The number of carbonyl (C=O) groups is 1.